The maximum Gasteiger partial charge on any atom is 0.297 e. The van der Waals surface area contributed by atoms with Crippen LogP contribution < -0.4 is 57.7 Å². The maximum atomic E-state index is 7.55. The van der Waals surface area contributed by atoms with Gasteiger partial charge in [-0.2, -0.15) is 0 Å². The monoisotopic (exact) mass is 1190 g/mol. The molecule has 6 heterocycles. The van der Waals surface area contributed by atoms with Crippen LogP contribution in [-0.2, 0) is 0 Å². The lowest BCUT2D eigenvalue weighted by Crippen LogP contribution is -2.65. The summed E-state index contributed by atoms with van der Waals surface area (Å²) in [6.45, 7) is -0.735. The number of nitrogens with zero attached hydrogens (tertiary/aromatic N) is 5. The van der Waals surface area contributed by atoms with E-state index in [1.54, 1.807) is 0 Å². The molecule has 0 bridgehead atoms. The van der Waals surface area contributed by atoms with Crippen LogP contribution in [0.5, 0.6) is 0 Å². The normalized spacial score (nSPS) is 13.2. The summed E-state index contributed by atoms with van der Waals surface area (Å²) in [5, 5.41) is 6.95. The van der Waals surface area contributed by atoms with Crippen molar-refractivity contribution >= 4 is 175 Å². The van der Waals surface area contributed by atoms with Crippen molar-refractivity contribution in [1.29, 1.82) is 0 Å². The van der Waals surface area contributed by atoms with E-state index in [4.69, 9.17) is 8.83 Å². The molecule has 0 radical (unpaired) electrons. The van der Waals surface area contributed by atoms with E-state index in [0.29, 0.717) is 0 Å². The van der Waals surface area contributed by atoms with E-state index in [0.717, 1.165) is 141 Å². The molecule has 14 aromatic carbocycles. The van der Waals surface area contributed by atoms with Gasteiger partial charge in [-0.3, -0.25) is 0 Å². The van der Waals surface area contributed by atoms with Crippen LogP contribution in [0.25, 0.3) is 54.6 Å². The third-order valence-electron chi connectivity index (χ3n) is 19.7. The van der Waals surface area contributed by atoms with Gasteiger partial charge in [-0.15, -0.1) is 0 Å². The molecule has 93 heavy (non-hydrogen) atoms. The highest BCUT2D eigenvalue weighted by Gasteiger charge is 2.52. The van der Waals surface area contributed by atoms with E-state index in [-0.39, 0.29) is 13.4 Å². The summed E-state index contributed by atoms with van der Waals surface area (Å²) in [6, 6.07) is 117. The van der Waals surface area contributed by atoms with Gasteiger partial charge >= 0.3 is 0 Å². The number of rotatable bonds is 8. The summed E-state index contributed by atoms with van der Waals surface area (Å²) < 4.78 is 15.1. The van der Waals surface area contributed by atoms with Gasteiger partial charge in [0.2, 0.25) is 0 Å². The molecule has 4 aliphatic rings. The summed E-state index contributed by atoms with van der Waals surface area (Å²) in [4.78, 5) is 12.4. The lowest BCUT2D eigenvalue weighted by Gasteiger charge is -2.46. The lowest BCUT2D eigenvalue weighted by molar-refractivity contribution is 0.651. The molecule has 0 N–H and O–H groups in total. The van der Waals surface area contributed by atoms with Crippen LogP contribution >= 0.6 is 0 Å². The number of benzene rings is 14. The highest BCUT2D eigenvalue weighted by atomic mass is 16.3. The van der Waals surface area contributed by atoms with E-state index >= 15 is 0 Å². The standard InChI is InChI=1S/C84H53B2N5O2/c1-7-28-56(29-8-1)87(57-30-9-2-10-31-57)62-50-75-80-76(51-62)91(61-38-17-6-18-39-61)82-67-44-24-26-46-78(67)93-84(82)86(80)70-52-69-71(53-72(70)89(75)59-34-13-4-14-35-59)88(58-32-11-3-12-33-58)73-48-55(68-47-54-27-19-20-40-63(54)64-41-21-22-42-65(64)68)49-74-79(73)85(69)83-81(66-43-23-25-45-77(66)92-83)90(74)60-36-15-5-16-37-60/h1-53H. The van der Waals surface area contributed by atoms with Gasteiger partial charge in [0.25, 0.3) is 13.4 Å². The Morgan fingerprint density at radius 2 is 0.634 bits per heavy atom. The van der Waals surface area contributed by atoms with E-state index < -0.39 is 0 Å². The zero-order valence-electron chi connectivity index (χ0n) is 50.3. The predicted molar refractivity (Wildman–Crippen MR) is 389 cm³/mol. The minimum Gasteiger partial charge on any atom is -0.468 e. The van der Waals surface area contributed by atoms with Crippen LogP contribution in [0.15, 0.2) is 330 Å². The second-order valence-electron chi connectivity index (χ2n) is 24.7. The maximum absolute atomic E-state index is 7.55. The van der Waals surface area contributed by atoms with Crippen molar-refractivity contribution in [3.8, 4) is 11.1 Å². The zero-order chi connectivity index (χ0) is 60.8. The molecule has 0 saturated heterocycles. The van der Waals surface area contributed by atoms with Gasteiger partial charge in [-0.25, -0.2) is 0 Å². The Kier molecular flexibility index (Phi) is 11.2. The summed E-state index contributed by atoms with van der Waals surface area (Å²) in [5.74, 6) is 0. The Morgan fingerprint density at radius 3 is 1.12 bits per heavy atom. The molecule has 0 aliphatic carbocycles. The number of para-hydroxylation sites is 8. The highest BCUT2D eigenvalue weighted by Crippen LogP contribution is 2.54. The van der Waals surface area contributed by atoms with Crippen LogP contribution in [0.3, 0.4) is 0 Å². The van der Waals surface area contributed by atoms with Crippen molar-refractivity contribution in [3.63, 3.8) is 0 Å². The molecule has 20 rings (SSSR count). The summed E-state index contributed by atoms with van der Waals surface area (Å²) >= 11 is 0. The van der Waals surface area contributed by atoms with Crippen LogP contribution in [0.2, 0.25) is 0 Å². The smallest absolute Gasteiger partial charge is 0.297 e. The Labute approximate surface area is 538 Å². The number of furan rings is 2. The largest absolute Gasteiger partial charge is 0.468 e. The summed E-state index contributed by atoms with van der Waals surface area (Å²) in [7, 11) is 0. The molecule has 0 unspecified atom stereocenters. The molecular weight excluding hydrogens is 1130 g/mol. The van der Waals surface area contributed by atoms with Gasteiger partial charge in [0.1, 0.15) is 11.2 Å². The first-order chi connectivity index (χ1) is 46.2. The van der Waals surface area contributed by atoms with Crippen molar-refractivity contribution in [2.45, 2.75) is 0 Å². The van der Waals surface area contributed by atoms with Crippen molar-refractivity contribution in [2.24, 2.45) is 0 Å². The van der Waals surface area contributed by atoms with Gasteiger partial charge in [-0.1, -0.05) is 188 Å². The number of hydrogen-bond donors (Lipinski definition) is 0. The van der Waals surface area contributed by atoms with Crippen LogP contribution in [0.1, 0.15) is 0 Å². The molecule has 9 heteroatoms. The minimum atomic E-state index is -0.372. The SMILES string of the molecule is c1ccc(N(c2ccccc2)c2cc3c4c(c2)N(c2ccccc2)c2c(oc5ccccc25)B4c2cc4c(cc2N3c2ccccc2)N(c2ccccc2)c2cc(-c3cc5ccccc5c5ccccc35)cc3c2B4c2oc4ccccc4c2N3c2ccccc2)cc1. The van der Waals surface area contributed by atoms with Crippen molar-refractivity contribution < 1.29 is 8.83 Å². The van der Waals surface area contributed by atoms with Crippen LogP contribution in [0.4, 0.5) is 85.3 Å². The second kappa shape index (κ2) is 20.2. The summed E-state index contributed by atoms with van der Waals surface area (Å²) in [5.41, 5.74) is 26.1. The number of hydrogen-bond acceptors (Lipinski definition) is 7. The Hall–Kier alpha value is -12.2. The molecule has 0 atom stereocenters. The molecular formula is C84H53B2N5O2. The van der Waals surface area contributed by atoms with Crippen LogP contribution in [0, 0.1) is 0 Å². The molecule has 0 saturated carbocycles. The lowest BCUT2D eigenvalue weighted by atomic mass is 9.32. The van der Waals surface area contributed by atoms with Gasteiger partial charge < -0.3 is 33.3 Å². The Morgan fingerprint density at radius 1 is 0.269 bits per heavy atom. The molecule has 432 valence electrons. The molecule has 2 aromatic heterocycles. The molecule has 0 spiro atoms. The van der Waals surface area contributed by atoms with Gasteiger partial charge in [0.15, 0.2) is 0 Å². The molecule has 4 aliphatic heterocycles. The van der Waals surface area contributed by atoms with Crippen molar-refractivity contribution in [3.05, 3.63) is 322 Å². The minimum absolute atomic E-state index is 0.363. The Balaban J connectivity index is 0.936. The van der Waals surface area contributed by atoms with E-state index in [2.05, 4.69) is 346 Å². The molecule has 0 fully saturated rings. The fraction of sp³-hybridized carbons (Fsp3) is 0. The number of anilines is 15. The molecule has 7 nitrogen and oxygen atoms in total. The number of fused-ring (bicyclic) bond motifs is 15. The first kappa shape index (κ1) is 51.7. The molecule has 0 amide bonds. The first-order valence-corrected chi connectivity index (χ1v) is 32.0. The van der Waals surface area contributed by atoms with Crippen molar-refractivity contribution in [1.82, 2.24) is 0 Å². The first-order valence-electron chi connectivity index (χ1n) is 32.0. The average Bonchev–Trinajstić information content (AvgIpc) is 1.65. The predicted octanol–water partition coefficient (Wildman–Crippen LogP) is 18.8. The molecule has 16 aromatic rings. The fourth-order valence-electron chi connectivity index (χ4n) is 15.9. The average molecular weight is 1190 g/mol. The second-order valence-corrected chi connectivity index (χ2v) is 24.7. The highest BCUT2D eigenvalue weighted by molar-refractivity contribution is 7.02. The van der Waals surface area contributed by atoms with E-state index in [1.807, 2.05) is 0 Å². The van der Waals surface area contributed by atoms with Gasteiger partial charge in [-0.05, 0) is 188 Å². The Bertz CT molecular complexity index is 5650. The topological polar surface area (TPSA) is 42.5 Å². The fourth-order valence-corrected chi connectivity index (χ4v) is 15.9. The van der Waals surface area contributed by atoms with Gasteiger partial charge in [0, 0.05) is 79.0 Å². The quantitative estimate of drug-likeness (QED) is 0.111. The zero-order valence-corrected chi connectivity index (χ0v) is 50.3. The summed E-state index contributed by atoms with van der Waals surface area (Å²) in [6.07, 6.45) is 0. The van der Waals surface area contributed by atoms with E-state index in [1.165, 1.54) is 32.6 Å². The third kappa shape index (κ3) is 7.62. The van der Waals surface area contributed by atoms with Crippen LogP contribution in [-0.4, -0.2) is 13.4 Å². The van der Waals surface area contributed by atoms with Crippen molar-refractivity contribution in [2.75, 3.05) is 24.5 Å². The van der Waals surface area contributed by atoms with Gasteiger partial charge in [0.05, 0.1) is 28.4 Å². The van der Waals surface area contributed by atoms with E-state index in [9.17, 15) is 0 Å². The third-order valence-corrected chi connectivity index (χ3v) is 19.7.